The van der Waals surface area contributed by atoms with E-state index in [2.05, 4.69) is 0 Å². The van der Waals surface area contributed by atoms with Crippen LogP contribution in [0.4, 0.5) is 0 Å². The molecule has 3 heterocycles. The largest absolute Gasteiger partial charge is 0.493 e. The topological polar surface area (TPSA) is 163 Å². The number of allylic oxidation sites excluding steroid dienone is 1. The van der Waals surface area contributed by atoms with Gasteiger partial charge in [-0.25, -0.2) is 4.79 Å². The molecule has 0 bridgehead atoms. The van der Waals surface area contributed by atoms with Crippen LogP contribution in [0.15, 0.2) is 29.7 Å². The second kappa shape index (κ2) is 9.03. The summed E-state index contributed by atoms with van der Waals surface area (Å²) in [5, 5.41) is 42.6. The first kappa shape index (κ1) is 24.8. The quantitative estimate of drug-likeness (QED) is 0.388. The van der Waals surface area contributed by atoms with Crippen molar-refractivity contribution in [3.05, 3.63) is 46.4 Å². The lowest BCUT2D eigenvalue weighted by Gasteiger charge is -2.27. The fourth-order valence-corrected chi connectivity index (χ4v) is 5.21. The summed E-state index contributed by atoms with van der Waals surface area (Å²) >= 11 is 0. The molecule has 0 radical (unpaired) electrons. The number of esters is 1. The van der Waals surface area contributed by atoms with Crippen molar-refractivity contribution in [2.24, 2.45) is 0 Å². The van der Waals surface area contributed by atoms with Crippen LogP contribution in [0, 0.1) is 0 Å². The van der Waals surface area contributed by atoms with Crippen molar-refractivity contribution in [3.63, 3.8) is 0 Å². The van der Waals surface area contributed by atoms with Crippen molar-refractivity contribution in [2.45, 2.75) is 37.1 Å². The van der Waals surface area contributed by atoms with E-state index < -0.39 is 36.7 Å². The molecule has 0 amide bonds. The Hall–Kier alpha value is -3.55. The van der Waals surface area contributed by atoms with E-state index in [-0.39, 0.29) is 37.7 Å². The lowest BCUT2D eigenvalue weighted by atomic mass is 9.84. The summed E-state index contributed by atoms with van der Waals surface area (Å²) in [6.07, 6.45) is -2.16. The number of carbonyl (C=O) groups is 1. The van der Waals surface area contributed by atoms with Gasteiger partial charge in [-0.2, -0.15) is 0 Å². The van der Waals surface area contributed by atoms with Crippen LogP contribution in [0.25, 0.3) is 16.3 Å². The Labute approximate surface area is 216 Å². The van der Waals surface area contributed by atoms with Gasteiger partial charge < -0.3 is 53.6 Å². The SMILES string of the molecule is COc1cc2c(O[C@@H]3OC[C@](O)(CO)[C@H]3O)c3c(c(C4=CC5=C(CC4O)OCO5)c2cc1OC)C(=O)OC3. The standard InChI is InChI=1S/C26H26O12/c1-32-16-3-11-12(4-17(16)33-2)22(38-25-23(29)26(31,8-27)9-35-25)14-7-34-24(30)21(14)20(11)13-5-18-19(6-15(13)28)37-10-36-18/h3-5,15,23,25,27-29,31H,6-10H2,1-2H3/t15?,23-,25-,26+/m0/s1. The Kier molecular flexibility index (Phi) is 5.89. The van der Waals surface area contributed by atoms with Gasteiger partial charge in [0.25, 0.3) is 0 Å². The van der Waals surface area contributed by atoms with E-state index in [1.54, 1.807) is 18.2 Å². The predicted molar refractivity (Wildman–Crippen MR) is 127 cm³/mol. The van der Waals surface area contributed by atoms with Crippen LogP contribution in [0.2, 0.25) is 0 Å². The molecule has 1 aliphatic carbocycles. The molecular formula is C26H26O12. The van der Waals surface area contributed by atoms with Gasteiger partial charge >= 0.3 is 5.97 Å². The summed E-state index contributed by atoms with van der Waals surface area (Å²) in [7, 11) is 2.94. The zero-order chi connectivity index (χ0) is 26.8. The monoisotopic (exact) mass is 530 g/mol. The fraction of sp³-hybridized carbons (Fsp3) is 0.423. The Morgan fingerprint density at radius 1 is 1.05 bits per heavy atom. The first-order valence-electron chi connectivity index (χ1n) is 11.9. The second-order valence-electron chi connectivity index (χ2n) is 9.40. The number of cyclic esters (lactones) is 1. The molecule has 4 N–H and O–H groups in total. The molecule has 0 spiro atoms. The molecule has 4 atom stereocenters. The highest BCUT2D eigenvalue weighted by Crippen LogP contribution is 2.49. The number of fused-ring (bicyclic) bond motifs is 2. The highest BCUT2D eigenvalue weighted by Gasteiger charge is 2.50. The first-order chi connectivity index (χ1) is 18.3. The maximum atomic E-state index is 13.1. The van der Waals surface area contributed by atoms with E-state index >= 15 is 0 Å². The molecular weight excluding hydrogens is 504 g/mol. The molecule has 1 fully saturated rings. The van der Waals surface area contributed by atoms with Gasteiger partial charge in [-0.05, 0) is 29.2 Å². The highest BCUT2D eigenvalue weighted by atomic mass is 16.7. The summed E-state index contributed by atoms with van der Waals surface area (Å²) in [6, 6.07) is 3.30. The van der Waals surface area contributed by atoms with E-state index in [0.29, 0.717) is 50.5 Å². The van der Waals surface area contributed by atoms with Crippen molar-refractivity contribution < 1.29 is 58.4 Å². The van der Waals surface area contributed by atoms with Gasteiger partial charge in [0.05, 0.1) is 39.1 Å². The van der Waals surface area contributed by atoms with E-state index in [4.69, 9.17) is 33.2 Å². The first-order valence-corrected chi connectivity index (χ1v) is 11.9. The Bertz CT molecular complexity index is 1390. The smallest absolute Gasteiger partial charge is 0.339 e. The van der Waals surface area contributed by atoms with Crippen LogP contribution in [0.5, 0.6) is 17.2 Å². The maximum absolute atomic E-state index is 13.1. The maximum Gasteiger partial charge on any atom is 0.339 e. The van der Waals surface area contributed by atoms with Crippen molar-refractivity contribution in [3.8, 4) is 17.2 Å². The minimum atomic E-state index is -1.91. The number of methoxy groups -OCH3 is 2. The third kappa shape index (κ3) is 3.60. The molecule has 4 aliphatic rings. The van der Waals surface area contributed by atoms with Crippen LogP contribution in [0.3, 0.4) is 0 Å². The van der Waals surface area contributed by atoms with E-state index in [1.807, 2.05) is 0 Å². The summed E-state index contributed by atoms with van der Waals surface area (Å²) in [4.78, 5) is 13.1. The zero-order valence-electron chi connectivity index (χ0n) is 20.6. The number of aliphatic hydroxyl groups is 4. The molecule has 3 aliphatic heterocycles. The number of benzene rings is 2. The van der Waals surface area contributed by atoms with Crippen molar-refractivity contribution in [2.75, 3.05) is 34.2 Å². The van der Waals surface area contributed by atoms with Crippen molar-refractivity contribution in [1.82, 2.24) is 0 Å². The van der Waals surface area contributed by atoms with Gasteiger partial charge in [0.15, 0.2) is 17.3 Å². The predicted octanol–water partition coefficient (Wildman–Crippen LogP) is 0.711. The Morgan fingerprint density at radius 2 is 1.79 bits per heavy atom. The van der Waals surface area contributed by atoms with Crippen LogP contribution in [0.1, 0.15) is 27.9 Å². The number of rotatable bonds is 6. The molecule has 0 saturated carbocycles. The zero-order valence-corrected chi connectivity index (χ0v) is 20.6. The molecule has 38 heavy (non-hydrogen) atoms. The van der Waals surface area contributed by atoms with Gasteiger partial charge in [0.2, 0.25) is 13.1 Å². The number of hydrogen-bond acceptors (Lipinski definition) is 12. The summed E-state index contributed by atoms with van der Waals surface area (Å²) in [5.41, 5.74) is -0.572. The van der Waals surface area contributed by atoms with Gasteiger partial charge in [0.1, 0.15) is 29.8 Å². The average Bonchev–Trinajstić information content (AvgIpc) is 3.61. The molecule has 2 aromatic carbocycles. The minimum Gasteiger partial charge on any atom is -0.493 e. The van der Waals surface area contributed by atoms with Crippen molar-refractivity contribution in [1.29, 1.82) is 0 Å². The summed E-state index contributed by atoms with van der Waals surface area (Å²) in [5.74, 6) is 1.22. The highest BCUT2D eigenvalue weighted by molar-refractivity contribution is 6.11. The number of hydrogen-bond donors (Lipinski definition) is 4. The fourth-order valence-electron chi connectivity index (χ4n) is 5.21. The molecule has 2 aromatic rings. The van der Waals surface area contributed by atoms with Crippen molar-refractivity contribution >= 4 is 22.3 Å². The lowest BCUT2D eigenvalue weighted by molar-refractivity contribution is -0.115. The molecule has 12 nitrogen and oxygen atoms in total. The molecule has 1 saturated heterocycles. The van der Waals surface area contributed by atoms with Crippen LogP contribution < -0.4 is 14.2 Å². The normalized spacial score (nSPS) is 27.9. The van der Waals surface area contributed by atoms with Crippen LogP contribution >= 0.6 is 0 Å². The molecule has 202 valence electrons. The summed E-state index contributed by atoms with van der Waals surface area (Å²) in [6.45, 7) is -1.22. The van der Waals surface area contributed by atoms with E-state index in [0.717, 1.165) is 0 Å². The second-order valence-corrected chi connectivity index (χ2v) is 9.40. The third-order valence-corrected chi connectivity index (χ3v) is 7.26. The molecule has 0 aromatic heterocycles. The minimum absolute atomic E-state index is 0.0315. The lowest BCUT2D eigenvalue weighted by Crippen LogP contribution is -2.48. The van der Waals surface area contributed by atoms with Gasteiger partial charge in [-0.15, -0.1) is 0 Å². The molecule has 6 rings (SSSR count). The average molecular weight is 530 g/mol. The number of carbonyl (C=O) groups excluding carboxylic acids is 1. The summed E-state index contributed by atoms with van der Waals surface area (Å²) < 4.78 is 39.0. The van der Waals surface area contributed by atoms with Crippen LogP contribution in [-0.2, 0) is 25.6 Å². The van der Waals surface area contributed by atoms with Crippen LogP contribution in [-0.4, -0.2) is 84.7 Å². The molecule has 12 heteroatoms. The van der Waals surface area contributed by atoms with Gasteiger partial charge in [-0.3, -0.25) is 0 Å². The number of ether oxygens (including phenoxy) is 7. The van der Waals surface area contributed by atoms with E-state index in [9.17, 15) is 25.2 Å². The Morgan fingerprint density at radius 3 is 2.47 bits per heavy atom. The van der Waals surface area contributed by atoms with E-state index in [1.165, 1.54) is 14.2 Å². The third-order valence-electron chi connectivity index (χ3n) is 7.26. The number of aliphatic hydroxyl groups excluding tert-OH is 3. The Balaban J connectivity index is 1.61. The van der Waals surface area contributed by atoms with Gasteiger partial charge in [0, 0.05) is 22.9 Å². The molecule has 1 unspecified atom stereocenters. The van der Waals surface area contributed by atoms with Gasteiger partial charge in [-0.1, -0.05) is 0 Å².